The molecule has 4 aromatic heterocycles. The smallest absolute Gasteiger partial charge is 0.268 e. The second-order valence-electron chi connectivity index (χ2n) is 7.00. The molecular weight excluding hydrogens is 362 g/mol. The van der Waals surface area contributed by atoms with E-state index >= 15 is 0 Å². The summed E-state index contributed by atoms with van der Waals surface area (Å²) in [4.78, 5) is 22.2. The van der Waals surface area contributed by atoms with Crippen LogP contribution < -0.4 is 5.56 Å². The van der Waals surface area contributed by atoms with Crippen LogP contribution >= 0.6 is 0 Å². The molecule has 142 valence electrons. The van der Waals surface area contributed by atoms with Crippen molar-refractivity contribution in [2.45, 2.75) is 12.8 Å². The molecule has 0 radical (unpaired) electrons. The van der Waals surface area contributed by atoms with Crippen molar-refractivity contribution in [3.8, 4) is 5.69 Å². The third-order valence-corrected chi connectivity index (χ3v) is 5.20. The van der Waals surface area contributed by atoms with E-state index in [4.69, 9.17) is 5.10 Å². The van der Waals surface area contributed by atoms with Crippen LogP contribution in [0.2, 0.25) is 0 Å². The molecule has 29 heavy (non-hydrogen) atoms. The maximum Gasteiger partial charge on any atom is 0.268 e. The Labute approximate surface area is 167 Å². The monoisotopic (exact) mass is 381 g/mol. The molecule has 0 aliphatic carbocycles. The highest BCUT2D eigenvalue weighted by atomic mass is 16.1. The summed E-state index contributed by atoms with van der Waals surface area (Å²) in [6, 6.07) is 17.5. The molecule has 0 spiro atoms. The van der Waals surface area contributed by atoms with E-state index in [1.165, 1.54) is 5.56 Å². The first-order chi connectivity index (χ1) is 14.2. The zero-order chi connectivity index (χ0) is 19.8. The van der Waals surface area contributed by atoms with E-state index in [2.05, 4.69) is 9.97 Å². The van der Waals surface area contributed by atoms with E-state index in [-0.39, 0.29) is 5.56 Å². The molecule has 1 aromatic carbocycles. The Hall–Kier alpha value is -3.80. The van der Waals surface area contributed by atoms with E-state index in [0.29, 0.717) is 17.5 Å². The van der Waals surface area contributed by atoms with Crippen molar-refractivity contribution in [3.05, 3.63) is 94.8 Å². The molecule has 5 rings (SSSR count). The minimum absolute atomic E-state index is 0.0878. The zero-order valence-corrected chi connectivity index (χ0v) is 16.0. The third-order valence-electron chi connectivity index (χ3n) is 5.20. The number of fused-ring (bicyclic) bond motifs is 3. The Bertz CT molecular complexity index is 1370. The van der Waals surface area contributed by atoms with Crippen LogP contribution in [0.4, 0.5) is 0 Å². The van der Waals surface area contributed by atoms with Crippen molar-refractivity contribution in [1.82, 2.24) is 24.3 Å². The molecular formula is C23H19N5O. The van der Waals surface area contributed by atoms with Gasteiger partial charge in [0.2, 0.25) is 0 Å². The van der Waals surface area contributed by atoms with Crippen molar-refractivity contribution in [1.29, 1.82) is 0 Å². The zero-order valence-electron chi connectivity index (χ0n) is 16.0. The summed E-state index contributed by atoms with van der Waals surface area (Å²) < 4.78 is 3.49. The SMILES string of the molecule is Cn1nc(CCc2ccncc2)c2c(=O)n(-c3ccccc3)c3ncccc3c21. The highest BCUT2D eigenvalue weighted by molar-refractivity contribution is 6.03. The molecule has 0 bridgehead atoms. The van der Waals surface area contributed by atoms with Crippen LogP contribution in [-0.2, 0) is 19.9 Å². The van der Waals surface area contributed by atoms with Gasteiger partial charge in [-0.1, -0.05) is 18.2 Å². The second kappa shape index (κ2) is 6.98. The topological polar surface area (TPSA) is 65.6 Å². The number of aryl methyl sites for hydroxylation is 3. The number of benzene rings is 1. The van der Waals surface area contributed by atoms with Crippen molar-refractivity contribution in [3.63, 3.8) is 0 Å². The molecule has 0 saturated heterocycles. The van der Waals surface area contributed by atoms with E-state index in [1.807, 2.05) is 61.6 Å². The predicted molar refractivity (Wildman–Crippen MR) is 113 cm³/mol. The first kappa shape index (κ1) is 17.3. The van der Waals surface area contributed by atoms with Gasteiger partial charge in [0.25, 0.3) is 5.56 Å². The van der Waals surface area contributed by atoms with Crippen LogP contribution in [-0.4, -0.2) is 24.3 Å². The summed E-state index contributed by atoms with van der Waals surface area (Å²) in [6.07, 6.45) is 6.76. The van der Waals surface area contributed by atoms with Crippen LogP contribution in [0, 0.1) is 0 Å². The lowest BCUT2D eigenvalue weighted by atomic mass is 10.1. The van der Waals surface area contributed by atoms with Gasteiger partial charge in [-0.15, -0.1) is 0 Å². The lowest BCUT2D eigenvalue weighted by molar-refractivity contribution is 0.759. The van der Waals surface area contributed by atoms with Gasteiger partial charge >= 0.3 is 0 Å². The first-order valence-electron chi connectivity index (χ1n) is 9.53. The maximum absolute atomic E-state index is 13.6. The van der Waals surface area contributed by atoms with Gasteiger partial charge in [0.1, 0.15) is 5.65 Å². The van der Waals surface area contributed by atoms with Gasteiger partial charge in [-0.2, -0.15) is 5.10 Å². The number of aromatic nitrogens is 5. The van der Waals surface area contributed by atoms with Gasteiger partial charge in [-0.25, -0.2) is 4.98 Å². The van der Waals surface area contributed by atoms with Gasteiger partial charge in [-0.3, -0.25) is 19.0 Å². The molecule has 0 aliphatic heterocycles. The average Bonchev–Trinajstić information content (AvgIpc) is 3.11. The Morgan fingerprint density at radius 3 is 2.48 bits per heavy atom. The highest BCUT2D eigenvalue weighted by Crippen LogP contribution is 2.26. The predicted octanol–water partition coefficient (Wildman–Crippen LogP) is 3.45. The maximum atomic E-state index is 13.6. The molecule has 0 amide bonds. The lowest BCUT2D eigenvalue weighted by Crippen LogP contribution is -2.20. The summed E-state index contributed by atoms with van der Waals surface area (Å²) in [5.41, 5.74) is 4.15. The summed E-state index contributed by atoms with van der Waals surface area (Å²) in [5, 5.41) is 6.28. The highest BCUT2D eigenvalue weighted by Gasteiger charge is 2.20. The van der Waals surface area contributed by atoms with Gasteiger partial charge in [-0.05, 0) is 54.8 Å². The van der Waals surface area contributed by atoms with Gasteiger partial charge in [0, 0.05) is 31.0 Å². The third kappa shape index (κ3) is 2.89. The number of rotatable bonds is 4. The number of para-hydroxylation sites is 1. The Balaban J connectivity index is 1.77. The molecule has 0 unspecified atom stereocenters. The molecule has 0 N–H and O–H groups in total. The van der Waals surface area contributed by atoms with Crippen molar-refractivity contribution in [2.24, 2.45) is 7.05 Å². The Morgan fingerprint density at radius 2 is 1.69 bits per heavy atom. The molecule has 6 heteroatoms. The standard InChI is InChI=1S/C23H19N5O/c1-27-21-18-8-5-13-25-22(18)28(17-6-3-2-4-7-17)23(29)20(21)19(26-27)10-9-16-11-14-24-15-12-16/h2-8,11-15H,9-10H2,1H3. The Kier molecular flexibility index (Phi) is 4.17. The fourth-order valence-electron chi connectivity index (χ4n) is 3.89. The fourth-order valence-corrected chi connectivity index (χ4v) is 3.89. The van der Waals surface area contributed by atoms with Crippen LogP contribution in [0.3, 0.4) is 0 Å². The minimum atomic E-state index is -0.0878. The molecule has 4 heterocycles. The van der Waals surface area contributed by atoms with Gasteiger partial charge in [0.15, 0.2) is 0 Å². The van der Waals surface area contributed by atoms with E-state index in [9.17, 15) is 4.79 Å². The lowest BCUT2D eigenvalue weighted by Gasteiger charge is -2.11. The van der Waals surface area contributed by atoms with Gasteiger partial charge in [0.05, 0.1) is 22.3 Å². The molecule has 0 saturated carbocycles. The molecule has 0 aliphatic rings. The number of hydrogen-bond acceptors (Lipinski definition) is 4. The van der Waals surface area contributed by atoms with E-state index in [1.54, 1.807) is 27.8 Å². The Morgan fingerprint density at radius 1 is 0.897 bits per heavy atom. The van der Waals surface area contributed by atoms with E-state index in [0.717, 1.165) is 28.7 Å². The first-order valence-corrected chi connectivity index (χ1v) is 9.53. The molecule has 6 nitrogen and oxygen atoms in total. The number of pyridine rings is 3. The molecule has 0 fully saturated rings. The van der Waals surface area contributed by atoms with Crippen LogP contribution in [0.5, 0.6) is 0 Å². The number of nitrogens with zero attached hydrogens (tertiary/aromatic N) is 5. The van der Waals surface area contributed by atoms with Crippen LogP contribution in [0.25, 0.3) is 27.6 Å². The minimum Gasteiger partial charge on any atom is -0.268 e. The molecule has 0 atom stereocenters. The fraction of sp³-hybridized carbons (Fsp3) is 0.130. The van der Waals surface area contributed by atoms with Gasteiger partial charge < -0.3 is 0 Å². The van der Waals surface area contributed by atoms with Crippen LogP contribution in [0.15, 0.2) is 78.0 Å². The summed E-state index contributed by atoms with van der Waals surface area (Å²) in [7, 11) is 1.89. The van der Waals surface area contributed by atoms with Crippen molar-refractivity contribution >= 4 is 21.9 Å². The van der Waals surface area contributed by atoms with E-state index < -0.39 is 0 Å². The quantitative estimate of drug-likeness (QED) is 0.478. The molecule has 5 aromatic rings. The largest absolute Gasteiger partial charge is 0.268 e. The van der Waals surface area contributed by atoms with Crippen LogP contribution in [0.1, 0.15) is 11.3 Å². The average molecular weight is 381 g/mol. The second-order valence-corrected chi connectivity index (χ2v) is 7.00. The summed E-state index contributed by atoms with van der Waals surface area (Å²) in [5.74, 6) is 0. The summed E-state index contributed by atoms with van der Waals surface area (Å²) in [6.45, 7) is 0. The number of hydrogen-bond donors (Lipinski definition) is 0. The van der Waals surface area contributed by atoms with Crippen molar-refractivity contribution < 1.29 is 0 Å². The van der Waals surface area contributed by atoms with Crippen molar-refractivity contribution in [2.75, 3.05) is 0 Å². The normalized spacial score (nSPS) is 11.3. The summed E-state index contributed by atoms with van der Waals surface area (Å²) >= 11 is 0.